The molecule has 18 heavy (non-hydrogen) atoms. The average molecular weight is 269 g/mol. The van der Waals surface area contributed by atoms with Crippen molar-refractivity contribution in [3.05, 3.63) is 29.3 Å². The van der Waals surface area contributed by atoms with E-state index in [1.54, 1.807) is 11.0 Å². The van der Waals surface area contributed by atoms with Gasteiger partial charge in [0.1, 0.15) is 6.61 Å². The molecule has 1 aliphatic rings. The number of anilines is 1. The molecule has 0 aromatic heterocycles. The number of para-hydroxylation sites is 1. The van der Waals surface area contributed by atoms with Crippen LogP contribution in [0.25, 0.3) is 0 Å². The lowest BCUT2D eigenvalue weighted by Gasteiger charge is -2.36. The van der Waals surface area contributed by atoms with Crippen LogP contribution >= 0.6 is 11.6 Å². The van der Waals surface area contributed by atoms with E-state index in [2.05, 4.69) is 5.32 Å². The number of benzene rings is 1. The zero-order valence-electron chi connectivity index (χ0n) is 10.4. The van der Waals surface area contributed by atoms with Crippen molar-refractivity contribution < 1.29 is 9.53 Å². The molecule has 0 spiro atoms. The van der Waals surface area contributed by atoms with Crippen molar-refractivity contribution in [1.82, 2.24) is 5.32 Å². The summed E-state index contributed by atoms with van der Waals surface area (Å²) >= 11 is 6.17. The summed E-state index contributed by atoms with van der Waals surface area (Å²) in [7, 11) is 1.89. The summed E-state index contributed by atoms with van der Waals surface area (Å²) in [5, 5.41) is 3.69. The third-order valence-corrected chi connectivity index (χ3v) is 3.33. The van der Waals surface area contributed by atoms with Gasteiger partial charge in [-0.05, 0) is 32.1 Å². The van der Waals surface area contributed by atoms with Crippen molar-refractivity contribution in [3.8, 4) is 0 Å². The molecular weight excluding hydrogens is 252 g/mol. The van der Waals surface area contributed by atoms with Crippen LogP contribution in [0.5, 0.6) is 0 Å². The van der Waals surface area contributed by atoms with Crippen molar-refractivity contribution >= 4 is 23.2 Å². The number of nitrogens with zero attached hydrogens (tertiary/aromatic N) is 1. The Hall–Kier alpha value is -1.10. The maximum Gasteiger partial charge on any atom is 0.253 e. The fraction of sp³-hybridized carbons (Fsp3) is 0.462. The Kier molecular flexibility index (Phi) is 4.58. The first-order chi connectivity index (χ1) is 8.74. The third-order valence-electron chi connectivity index (χ3n) is 3.01. The van der Waals surface area contributed by atoms with Gasteiger partial charge in [-0.3, -0.25) is 4.79 Å². The summed E-state index contributed by atoms with van der Waals surface area (Å²) in [6.07, 6.45) is 0.841. The van der Waals surface area contributed by atoms with Gasteiger partial charge in [0.05, 0.1) is 23.4 Å². The first-order valence-corrected chi connectivity index (χ1v) is 6.40. The van der Waals surface area contributed by atoms with E-state index in [0.717, 1.165) is 18.7 Å². The molecule has 5 heteroatoms. The zero-order valence-corrected chi connectivity index (χ0v) is 11.1. The minimum Gasteiger partial charge on any atom is -0.369 e. The Morgan fingerprint density at radius 1 is 1.50 bits per heavy atom. The van der Waals surface area contributed by atoms with Crippen LogP contribution in [-0.4, -0.2) is 38.8 Å². The SMILES string of the molecule is CNCCC1COCC(=O)N1c1ccccc1Cl. The molecule has 1 heterocycles. The molecule has 98 valence electrons. The molecule has 1 aliphatic heterocycles. The maximum absolute atomic E-state index is 12.0. The van der Waals surface area contributed by atoms with Gasteiger partial charge in [-0.1, -0.05) is 23.7 Å². The van der Waals surface area contributed by atoms with Gasteiger partial charge in [0.2, 0.25) is 0 Å². The van der Waals surface area contributed by atoms with Gasteiger partial charge in [-0.15, -0.1) is 0 Å². The van der Waals surface area contributed by atoms with Crippen molar-refractivity contribution in [1.29, 1.82) is 0 Å². The minimum absolute atomic E-state index is 0.0320. The molecule has 1 unspecified atom stereocenters. The van der Waals surface area contributed by atoms with Crippen molar-refractivity contribution in [2.75, 3.05) is 31.7 Å². The van der Waals surface area contributed by atoms with E-state index in [9.17, 15) is 4.79 Å². The number of morpholine rings is 1. The van der Waals surface area contributed by atoms with Gasteiger partial charge >= 0.3 is 0 Å². The molecule has 0 saturated carbocycles. The quantitative estimate of drug-likeness (QED) is 0.903. The molecule has 1 amide bonds. The Morgan fingerprint density at radius 2 is 2.28 bits per heavy atom. The van der Waals surface area contributed by atoms with Crippen molar-refractivity contribution in [3.63, 3.8) is 0 Å². The lowest BCUT2D eigenvalue weighted by molar-refractivity contribution is -0.127. The van der Waals surface area contributed by atoms with Gasteiger partial charge in [0.25, 0.3) is 5.91 Å². The van der Waals surface area contributed by atoms with Gasteiger partial charge in [-0.2, -0.15) is 0 Å². The standard InChI is InChI=1S/C13H17ClN2O2/c1-15-7-6-10-8-18-9-13(17)16(10)12-5-3-2-4-11(12)14/h2-5,10,15H,6-9H2,1H3. The lowest BCUT2D eigenvalue weighted by Crippen LogP contribution is -2.50. The van der Waals surface area contributed by atoms with E-state index in [1.165, 1.54) is 0 Å². The predicted octanol–water partition coefficient (Wildman–Crippen LogP) is 1.68. The normalized spacial score (nSPS) is 20.2. The average Bonchev–Trinajstić information content (AvgIpc) is 2.38. The van der Waals surface area contributed by atoms with Gasteiger partial charge in [-0.25, -0.2) is 0 Å². The Balaban J connectivity index is 2.24. The van der Waals surface area contributed by atoms with Crippen LogP contribution in [0.2, 0.25) is 5.02 Å². The Morgan fingerprint density at radius 3 is 3.00 bits per heavy atom. The number of hydrogen-bond donors (Lipinski definition) is 1. The topological polar surface area (TPSA) is 41.6 Å². The number of carbonyl (C=O) groups is 1. The first-order valence-electron chi connectivity index (χ1n) is 6.03. The summed E-state index contributed by atoms with van der Waals surface area (Å²) in [6, 6.07) is 7.46. The smallest absolute Gasteiger partial charge is 0.253 e. The van der Waals surface area contributed by atoms with Crippen LogP contribution in [0.1, 0.15) is 6.42 Å². The Bertz CT molecular complexity index is 425. The van der Waals surface area contributed by atoms with Crippen molar-refractivity contribution in [2.24, 2.45) is 0 Å². The molecule has 1 N–H and O–H groups in total. The molecule has 2 rings (SSSR count). The largest absolute Gasteiger partial charge is 0.369 e. The molecule has 0 aliphatic carbocycles. The molecule has 1 atom stereocenters. The lowest BCUT2D eigenvalue weighted by atomic mass is 10.1. The van der Waals surface area contributed by atoms with E-state index in [-0.39, 0.29) is 18.6 Å². The maximum atomic E-state index is 12.0. The molecular formula is C13H17ClN2O2. The van der Waals surface area contributed by atoms with E-state index < -0.39 is 0 Å². The van der Waals surface area contributed by atoms with Crippen LogP contribution < -0.4 is 10.2 Å². The number of carbonyl (C=O) groups excluding carboxylic acids is 1. The van der Waals surface area contributed by atoms with E-state index in [1.807, 2.05) is 25.2 Å². The highest BCUT2D eigenvalue weighted by Gasteiger charge is 2.30. The number of nitrogens with one attached hydrogen (secondary N) is 1. The molecule has 1 fully saturated rings. The number of ether oxygens (including phenoxy) is 1. The summed E-state index contributed by atoms with van der Waals surface area (Å²) < 4.78 is 5.32. The van der Waals surface area contributed by atoms with Crippen LogP contribution in [0, 0.1) is 0 Å². The molecule has 4 nitrogen and oxygen atoms in total. The van der Waals surface area contributed by atoms with Crippen LogP contribution in [0.15, 0.2) is 24.3 Å². The fourth-order valence-corrected chi connectivity index (χ4v) is 2.36. The van der Waals surface area contributed by atoms with Gasteiger partial charge < -0.3 is 15.0 Å². The minimum atomic E-state index is -0.0320. The highest BCUT2D eigenvalue weighted by molar-refractivity contribution is 6.33. The van der Waals surface area contributed by atoms with Crippen LogP contribution in [0.4, 0.5) is 5.69 Å². The second kappa shape index (κ2) is 6.18. The van der Waals surface area contributed by atoms with Crippen LogP contribution in [-0.2, 0) is 9.53 Å². The summed E-state index contributed by atoms with van der Waals surface area (Å²) in [5.74, 6) is -0.0320. The molecule has 1 saturated heterocycles. The van der Waals surface area contributed by atoms with Crippen LogP contribution in [0.3, 0.4) is 0 Å². The highest BCUT2D eigenvalue weighted by atomic mass is 35.5. The second-order valence-corrected chi connectivity index (χ2v) is 4.68. The number of rotatable bonds is 4. The number of hydrogen-bond acceptors (Lipinski definition) is 3. The summed E-state index contributed by atoms with van der Waals surface area (Å²) in [4.78, 5) is 13.8. The monoisotopic (exact) mass is 268 g/mol. The molecule has 1 aromatic carbocycles. The summed E-state index contributed by atoms with van der Waals surface area (Å²) in [5.41, 5.74) is 0.772. The molecule has 0 bridgehead atoms. The van der Waals surface area contributed by atoms with E-state index in [4.69, 9.17) is 16.3 Å². The van der Waals surface area contributed by atoms with Gasteiger partial charge in [0.15, 0.2) is 0 Å². The fourth-order valence-electron chi connectivity index (χ4n) is 2.13. The second-order valence-electron chi connectivity index (χ2n) is 4.28. The molecule has 1 aromatic rings. The predicted molar refractivity (Wildman–Crippen MR) is 72.1 cm³/mol. The van der Waals surface area contributed by atoms with E-state index in [0.29, 0.717) is 11.6 Å². The highest BCUT2D eigenvalue weighted by Crippen LogP contribution is 2.29. The van der Waals surface area contributed by atoms with Gasteiger partial charge in [0, 0.05) is 0 Å². The van der Waals surface area contributed by atoms with Crippen molar-refractivity contribution in [2.45, 2.75) is 12.5 Å². The Labute approximate surface area is 112 Å². The number of amides is 1. The third kappa shape index (κ3) is 2.83. The van der Waals surface area contributed by atoms with E-state index >= 15 is 0 Å². The zero-order chi connectivity index (χ0) is 13.0. The number of halogens is 1. The molecule has 0 radical (unpaired) electrons. The first kappa shape index (κ1) is 13.3. The summed E-state index contributed by atoms with van der Waals surface area (Å²) in [6.45, 7) is 1.52.